The number of rotatable bonds is 4. The molecule has 0 bridgehead atoms. The zero-order valence-electron chi connectivity index (χ0n) is 10.8. The van der Waals surface area contributed by atoms with Crippen LogP contribution < -0.4 is 5.32 Å². The number of halogens is 3. The molecule has 106 valence electrons. The molecule has 2 rings (SSSR count). The first kappa shape index (κ1) is 15.5. The van der Waals surface area contributed by atoms with Crippen LogP contribution in [0.15, 0.2) is 40.9 Å². The predicted octanol–water partition coefficient (Wildman–Crippen LogP) is 6.02. The topological polar surface area (TPSA) is 32.3 Å². The Hall–Kier alpha value is -0.900. The van der Waals surface area contributed by atoms with Crippen LogP contribution in [0.1, 0.15) is 24.9 Å². The highest BCUT2D eigenvalue weighted by molar-refractivity contribution is 9.10. The van der Waals surface area contributed by atoms with E-state index in [1.54, 1.807) is 18.2 Å². The van der Waals surface area contributed by atoms with Crippen molar-refractivity contribution in [2.45, 2.75) is 19.4 Å². The van der Waals surface area contributed by atoms with Crippen LogP contribution in [0.2, 0.25) is 10.0 Å². The summed E-state index contributed by atoms with van der Waals surface area (Å²) < 4.78 is 0.930. The lowest BCUT2D eigenvalue weighted by molar-refractivity contribution is 0.462. The predicted molar refractivity (Wildman–Crippen MR) is 88.9 cm³/mol. The Morgan fingerprint density at radius 3 is 2.55 bits per heavy atom. The number of hydrogen-bond acceptors (Lipinski definition) is 2. The second-order valence-corrected chi connectivity index (χ2v) is 6.17. The molecule has 0 fully saturated rings. The number of nitrogens with one attached hydrogen (secondary N) is 1. The summed E-state index contributed by atoms with van der Waals surface area (Å²) in [7, 11) is 0. The molecule has 1 unspecified atom stereocenters. The number of hydrogen-bond donors (Lipinski definition) is 2. The molecule has 0 radical (unpaired) electrons. The molecule has 2 N–H and O–H groups in total. The molecule has 0 spiro atoms. The lowest BCUT2D eigenvalue weighted by Gasteiger charge is -2.20. The van der Waals surface area contributed by atoms with Gasteiger partial charge in [0.1, 0.15) is 5.75 Å². The maximum absolute atomic E-state index is 10.0. The van der Waals surface area contributed by atoms with E-state index in [-0.39, 0.29) is 11.8 Å². The van der Waals surface area contributed by atoms with E-state index >= 15 is 0 Å². The van der Waals surface area contributed by atoms with Gasteiger partial charge in [-0.25, -0.2) is 0 Å². The molecule has 0 saturated carbocycles. The van der Waals surface area contributed by atoms with Crippen molar-refractivity contribution < 1.29 is 5.11 Å². The molecule has 0 heterocycles. The Bertz CT molecular complexity index is 619. The molecule has 0 saturated heterocycles. The third kappa shape index (κ3) is 3.60. The smallest absolute Gasteiger partial charge is 0.120 e. The van der Waals surface area contributed by atoms with E-state index in [4.69, 9.17) is 23.2 Å². The molecule has 0 aliphatic rings. The summed E-state index contributed by atoms with van der Waals surface area (Å²) in [4.78, 5) is 0. The second-order valence-electron chi connectivity index (χ2n) is 4.44. The largest absolute Gasteiger partial charge is 0.508 e. The number of aromatic hydroxyl groups is 1. The van der Waals surface area contributed by atoms with Gasteiger partial charge in [-0.1, -0.05) is 46.1 Å². The number of anilines is 1. The van der Waals surface area contributed by atoms with Gasteiger partial charge in [-0.05, 0) is 42.8 Å². The maximum Gasteiger partial charge on any atom is 0.120 e. The average Bonchev–Trinajstić information content (AvgIpc) is 2.43. The lowest BCUT2D eigenvalue weighted by atomic mass is 10.0. The quantitative estimate of drug-likeness (QED) is 0.685. The van der Waals surface area contributed by atoms with E-state index in [9.17, 15) is 5.11 Å². The molecule has 1 atom stereocenters. The summed E-state index contributed by atoms with van der Waals surface area (Å²) in [5.74, 6) is 0.271. The van der Waals surface area contributed by atoms with Gasteiger partial charge in [0.2, 0.25) is 0 Å². The van der Waals surface area contributed by atoms with Gasteiger partial charge >= 0.3 is 0 Å². The van der Waals surface area contributed by atoms with Crippen LogP contribution in [-0.2, 0) is 0 Å². The molecule has 0 aliphatic carbocycles. The van der Waals surface area contributed by atoms with Gasteiger partial charge in [-0.15, -0.1) is 0 Å². The number of phenolic OH excluding ortho intramolecular Hbond substituents is 1. The summed E-state index contributed by atoms with van der Waals surface area (Å²) in [6.07, 6.45) is 0.824. The van der Waals surface area contributed by atoms with Crippen LogP contribution in [0.25, 0.3) is 0 Å². The fraction of sp³-hybridized carbons (Fsp3) is 0.200. The third-order valence-electron chi connectivity index (χ3n) is 3.03. The zero-order chi connectivity index (χ0) is 14.7. The van der Waals surface area contributed by atoms with Crippen molar-refractivity contribution in [1.82, 2.24) is 0 Å². The van der Waals surface area contributed by atoms with E-state index in [0.717, 1.165) is 22.1 Å². The summed E-state index contributed by atoms with van der Waals surface area (Å²) in [6.45, 7) is 2.05. The second kappa shape index (κ2) is 6.70. The monoisotopic (exact) mass is 373 g/mol. The summed E-state index contributed by atoms with van der Waals surface area (Å²) in [5.41, 5.74) is 1.71. The Morgan fingerprint density at radius 2 is 1.90 bits per heavy atom. The molecular weight excluding hydrogens is 361 g/mol. The van der Waals surface area contributed by atoms with Crippen molar-refractivity contribution in [2.75, 3.05) is 5.32 Å². The molecule has 2 nitrogen and oxygen atoms in total. The van der Waals surface area contributed by atoms with Crippen molar-refractivity contribution in [3.05, 3.63) is 56.5 Å². The fourth-order valence-electron chi connectivity index (χ4n) is 1.99. The van der Waals surface area contributed by atoms with E-state index in [0.29, 0.717) is 10.0 Å². The third-order valence-corrected chi connectivity index (χ3v) is 4.27. The van der Waals surface area contributed by atoms with E-state index < -0.39 is 0 Å². The molecule has 0 amide bonds. The SMILES string of the molecule is CCC(Nc1ccc(Cl)c(Cl)c1)c1cc(Br)ccc1O. The van der Waals surface area contributed by atoms with Crippen molar-refractivity contribution in [2.24, 2.45) is 0 Å². The van der Waals surface area contributed by atoms with Crippen LogP contribution in [0.3, 0.4) is 0 Å². The minimum Gasteiger partial charge on any atom is -0.508 e. The molecule has 20 heavy (non-hydrogen) atoms. The van der Waals surface area contributed by atoms with Gasteiger partial charge in [-0.2, -0.15) is 0 Å². The van der Waals surface area contributed by atoms with E-state index in [1.807, 2.05) is 18.2 Å². The molecular formula is C15H14BrCl2NO. The molecule has 2 aromatic carbocycles. The van der Waals surface area contributed by atoms with Crippen LogP contribution in [-0.4, -0.2) is 5.11 Å². The van der Waals surface area contributed by atoms with Crippen molar-refractivity contribution in [3.8, 4) is 5.75 Å². The first-order chi connectivity index (χ1) is 9.51. The summed E-state index contributed by atoms with van der Waals surface area (Å²) >= 11 is 15.3. The Kier molecular flexibility index (Phi) is 5.19. The molecule has 0 aromatic heterocycles. The lowest BCUT2D eigenvalue weighted by Crippen LogP contribution is -2.10. The van der Waals surface area contributed by atoms with Crippen LogP contribution in [0.5, 0.6) is 5.75 Å². The number of phenols is 1. The minimum absolute atomic E-state index is 0.00950. The van der Waals surface area contributed by atoms with Crippen LogP contribution in [0.4, 0.5) is 5.69 Å². The Morgan fingerprint density at radius 1 is 1.15 bits per heavy atom. The minimum atomic E-state index is -0.00950. The highest BCUT2D eigenvalue weighted by Crippen LogP contribution is 2.33. The van der Waals surface area contributed by atoms with E-state index in [1.165, 1.54) is 0 Å². The first-order valence-electron chi connectivity index (χ1n) is 6.21. The van der Waals surface area contributed by atoms with Gasteiger partial charge in [0, 0.05) is 15.7 Å². The van der Waals surface area contributed by atoms with Gasteiger partial charge in [0.05, 0.1) is 16.1 Å². The van der Waals surface area contributed by atoms with Crippen molar-refractivity contribution in [3.63, 3.8) is 0 Å². The van der Waals surface area contributed by atoms with E-state index in [2.05, 4.69) is 28.2 Å². The average molecular weight is 375 g/mol. The normalized spacial score (nSPS) is 12.2. The maximum atomic E-state index is 10.0. The summed E-state index contributed by atoms with van der Waals surface area (Å²) in [5, 5.41) is 14.4. The number of benzene rings is 2. The van der Waals surface area contributed by atoms with Gasteiger partial charge in [0.15, 0.2) is 0 Å². The zero-order valence-corrected chi connectivity index (χ0v) is 13.9. The van der Waals surface area contributed by atoms with Crippen LogP contribution in [0, 0.1) is 0 Å². The van der Waals surface area contributed by atoms with Gasteiger partial charge in [0.25, 0.3) is 0 Å². The first-order valence-corrected chi connectivity index (χ1v) is 7.76. The highest BCUT2D eigenvalue weighted by atomic mass is 79.9. The Labute approximate surface area is 136 Å². The van der Waals surface area contributed by atoms with Crippen molar-refractivity contribution >= 4 is 44.8 Å². The van der Waals surface area contributed by atoms with Crippen molar-refractivity contribution in [1.29, 1.82) is 0 Å². The highest BCUT2D eigenvalue weighted by Gasteiger charge is 2.14. The molecule has 2 aromatic rings. The Balaban J connectivity index is 2.28. The molecule has 0 aliphatic heterocycles. The van der Waals surface area contributed by atoms with Gasteiger partial charge < -0.3 is 10.4 Å². The molecule has 5 heteroatoms. The van der Waals surface area contributed by atoms with Gasteiger partial charge in [-0.3, -0.25) is 0 Å². The fourth-order valence-corrected chi connectivity index (χ4v) is 2.67. The van der Waals surface area contributed by atoms with Crippen LogP contribution >= 0.6 is 39.1 Å². The summed E-state index contributed by atoms with van der Waals surface area (Å²) in [6, 6.07) is 10.8. The standard InChI is InChI=1S/C15H14BrCl2NO/c1-2-14(11-7-9(16)3-6-15(11)20)19-10-4-5-12(17)13(18)8-10/h3-8,14,19-20H,2H2,1H3.